The highest BCUT2D eigenvalue weighted by Gasteiger charge is 2.34. The summed E-state index contributed by atoms with van der Waals surface area (Å²) in [6.07, 6.45) is 0. The Balaban J connectivity index is 2.50. The fourth-order valence-corrected chi connectivity index (χ4v) is 1.44. The molecule has 6 heteroatoms. The third kappa shape index (κ3) is 1.69. The highest BCUT2D eigenvalue weighted by molar-refractivity contribution is 5.94. The van der Waals surface area contributed by atoms with Crippen LogP contribution in [-0.2, 0) is 4.74 Å². The van der Waals surface area contributed by atoms with Gasteiger partial charge in [-0.25, -0.2) is 4.79 Å². The monoisotopic (exact) mass is 223 g/mol. The quantitative estimate of drug-likeness (QED) is 0.412. The molecule has 0 bridgehead atoms. The van der Waals surface area contributed by atoms with Crippen LogP contribution in [0.5, 0.6) is 5.75 Å². The molecule has 6 nitrogen and oxygen atoms in total. The second-order valence-corrected chi connectivity index (χ2v) is 3.83. The number of benzene rings is 1. The number of hydrogen-bond acceptors (Lipinski definition) is 5. The number of non-ortho nitro benzene ring substituents is 1. The first-order valence-electron chi connectivity index (χ1n) is 4.60. The zero-order chi connectivity index (χ0) is 11.9. The van der Waals surface area contributed by atoms with Crippen molar-refractivity contribution in [3.63, 3.8) is 0 Å². The predicted molar refractivity (Wildman–Crippen MR) is 53.2 cm³/mol. The van der Waals surface area contributed by atoms with Crippen LogP contribution in [0.15, 0.2) is 18.2 Å². The third-order valence-corrected chi connectivity index (χ3v) is 2.09. The van der Waals surface area contributed by atoms with Crippen molar-refractivity contribution in [1.29, 1.82) is 0 Å². The van der Waals surface area contributed by atoms with Gasteiger partial charge in [0, 0.05) is 19.9 Å². The zero-order valence-electron chi connectivity index (χ0n) is 8.72. The number of cyclic esters (lactones) is 1. The lowest BCUT2D eigenvalue weighted by Gasteiger charge is -2.31. The van der Waals surface area contributed by atoms with E-state index in [1.54, 1.807) is 13.8 Å². The zero-order valence-corrected chi connectivity index (χ0v) is 8.72. The van der Waals surface area contributed by atoms with E-state index in [0.717, 1.165) is 0 Å². The van der Waals surface area contributed by atoms with E-state index in [0.29, 0.717) is 0 Å². The van der Waals surface area contributed by atoms with Crippen molar-refractivity contribution < 1.29 is 19.2 Å². The van der Waals surface area contributed by atoms with E-state index < -0.39 is 16.7 Å². The van der Waals surface area contributed by atoms with Crippen molar-refractivity contribution in [1.82, 2.24) is 0 Å². The van der Waals surface area contributed by atoms with Crippen molar-refractivity contribution in [3.05, 3.63) is 33.9 Å². The molecule has 0 saturated heterocycles. The Morgan fingerprint density at radius 3 is 2.62 bits per heavy atom. The highest BCUT2D eigenvalue weighted by atomic mass is 16.7. The molecule has 0 unspecified atom stereocenters. The Morgan fingerprint density at radius 1 is 1.31 bits per heavy atom. The van der Waals surface area contributed by atoms with Crippen LogP contribution in [-0.4, -0.2) is 16.7 Å². The largest absolute Gasteiger partial charge is 0.452 e. The molecule has 1 aliphatic rings. The van der Waals surface area contributed by atoms with Gasteiger partial charge in [0.1, 0.15) is 11.3 Å². The van der Waals surface area contributed by atoms with Crippen LogP contribution in [0.4, 0.5) is 5.69 Å². The maximum absolute atomic E-state index is 11.5. The molecular formula is C10H9NO5. The molecule has 0 radical (unpaired) electrons. The molecule has 0 aliphatic carbocycles. The van der Waals surface area contributed by atoms with Gasteiger partial charge in [0.2, 0.25) is 5.79 Å². The van der Waals surface area contributed by atoms with Crippen LogP contribution in [0.2, 0.25) is 0 Å². The normalized spacial score (nSPS) is 17.0. The molecule has 84 valence electrons. The molecule has 0 saturated carbocycles. The van der Waals surface area contributed by atoms with Crippen LogP contribution in [0, 0.1) is 10.1 Å². The summed E-state index contributed by atoms with van der Waals surface area (Å²) in [5.74, 6) is -1.46. The summed E-state index contributed by atoms with van der Waals surface area (Å²) in [6, 6.07) is 3.78. The van der Waals surface area contributed by atoms with Gasteiger partial charge in [-0.2, -0.15) is 0 Å². The minimum atomic E-state index is -1.10. The van der Waals surface area contributed by atoms with E-state index in [2.05, 4.69) is 0 Å². The Bertz CT molecular complexity index is 480. The molecule has 0 fully saturated rings. The number of esters is 1. The summed E-state index contributed by atoms with van der Waals surface area (Å²) >= 11 is 0. The number of ether oxygens (including phenoxy) is 2. The van der Waals surface area contributed by atoms with Crippen molar-refractivity contribution in [2.45, 2.75) is 19.6 Å². The van der Waals surface area contributed by atoms with Gasteiger partial charge < -0.3 is 9.47 Å². The van der Waals surface area contributed by atoms with E-state index in [9.17, 15) is 14.9 Å². The molecule has 16 heavy (non-hydrogen) atoms. The van der Waals surface area contributed by atoms with E-state index in [1.807, 2.05) is 0 Å². The average molecular weight is 223 g/mol. The Morgan fingerprint density at radius 2 is 2.00 bits per heavy atom. The fraction of sp³-hybridized carbons (Fsp3) is 0.300. The van der Waals surface area contributed by atoms with Crippen molar-refractivity contribution in [3.8, 4) is 5.75 Å². The molecule has 0 aromatic heterocycles. The van der Waals surface area contributed by atoms with E-state index in [4.69, 9.17) is 9.47 Å². The molecule has 1 heterocycles. The maximum Gasteiger partial charge on any atom is 0.345 e. The standard InChI is InChI=1S/C10H9NO5/c1-10(2)15-8-5-6(11(13)14)3-4-7(8)9(12)16-10/h3-5H,1-2H3. The third-order valence-electron chi connectivity index (χ3n) is 2.09. The molecule has 1 aromatic rings. The number of rotatable bonds is 1. The minimum Gasteiger partial charge on any atom is -0.452 e. The summed E-state index contributed by atoms with van der Waals surface area (Å²) < 4.78 is 10.3. The molecular weight excluding hydrogens is 214 g/mol. The van der Waals surface area contributed by atoms with Crippen molar-refractivity contribution in [2.24, 2.45) is 0 Å². The number of nitro benzene ring substituents is 1. The first-order chi connectivity index (χ1) is 7.39. The second kappa shape index (κ2) is 3.19. The smallest absolute Gasteiger partial charge is 0.345 e. The van der Waals surface area contributed by atoms with E-state index >= 15 is 0 Å². The number of carbonyl (C=O) groups excluding carboxylic acids is 1. The Kier molecular flexibility index (Phi) is 2.08. The van der Waals surface area contributed by atoms with Gasteiger partial charge in [0.15, 0.2) is 0 Å². The van der Waals surface area contributed by atoms with Crippen LogP contribution in [0.3, 0.4) is 0 Å². The molecule has 0 N–H and O–H groups in total. The summed E-state index contributed by atoms with van der Waals surface area (Å²) in [4.78, 5) is 21.5. The van der Waals surface area contributed by atoms with Gasteiger partial charge in [-0.05, 0) is 6.07 Å². The lowest BCUT2D eigenvalue weighted by Crippen LogP contribution is -2.38. The highest BCUT2D eigenvalue weighted by Crippen LogP contribution is 2.33. The summed E-state index contributed by atoms with van der Waals surface area (Å²) in [7, 11) is 0. The van der Waals surface area contributed by atoms with Gasteiger partial charge in [-0.1, -0.05) is 0 Å². The average Bonchev–Trinajstić information content (AvgIpc) is 2.14. The molecule has 0 atom stereocenters. The molecule has 0 amide bonds. The summed E-state index contributed by atoms with van der Waals surface area (Å²) in [5.41, 5.74) is 0.0779. The Hall–Kier alpha value is -2.11. The van der Waals surface area contributed by atoms with Gasteiger partial charge >= 0.3 is 5.97 Å². The molecule has 1 aliphatic heterocycles. The number of nitro groups is 1. The first-order valence-corrected chi connectivity index (χ1v) is 4.60. The van der Waals surface area contributed by atoms with Crippen LogP contribution in [0.1, 0.15) is 24.2 Å². The number of carbonyl (C=O) groups is 1. The number of nitrogens with zero attached hydrogens (tertiary/aromatic N) is 1. The first kappa shape index (κ1) is 10.4. The minimum absolute atomic E-state index is 0.121. The number of hydrogen-bond donors (Lipinski definition) is 0. The van der Waals surface area contributed by atoms with Crippen molar-refractivity contribution in [2.75, 3.05) is 0 Å². The van der Waals surface area contributed by atoms with E-state index in [1.165, 1.54) is 18.2 Å². The SMILES string of the molecule is CC1(C)OC(=O)c2ccc([N+](=O)[O-])cc2O1. The summed E-state index contributed by atoms with van der Waals surface area (Å²) in [5, 5.41) is 10.6. The molecule has 0 spiro atoms. The van der Waals surface area contributed by atoms with E-state index in [-0.39, 0.29) is 17.0 Å². The van der Waals surface area contributed by atoms with Crippen LogP contribution >= 0.6 is 0 Å². The summed E-state index contributed by atoms with van der Waals surface area (Å²) in [6.45, 7) is 3.12. The fourth-order valence-electron chi connectivity index (χ4n) is 1.44. The lowest BCUT2D eigenvalue weighted by atomic mass is 10.1. The topological polar surface area (TPSA) is 78.7 Å². The predicted octanol–water partition coefficient (Wildman–Crippen LogP) is 1.88. The van der Waals surface area contributed by atoms with Gasteiger partial charge in [-0.15, -0.1) is 0 Å². The number of fused-ring (bicyclic) bond motifs is 1. The van der Waals surface area contributed by atoms with Crippen LogP contribution < -0.4 is 4.74 Å². The molecule has 1 aromatic carbocycles. The second-order valence-electron chi connectivity index (χ2n) is 3.83. The lowest BCUT2D eigenvalue weighted by molar-refractivity contribution is -0.385. The van der Waals surface area contributed by atoms with Crippen molar-refractivity contribution >= 4 is 11.7 Å². The maximum atomic E-state index is 11.5. The van der Waals surface area contributed by atoms with Gasteiger partial charge in [-0.3, -0.25) is 10.1 Å². The van der Waals surface area contributed by atoms with Gasteiger partial charge in [0.05, 0.1) is 11.0 Å². The molecule has 2 rings (SSSR count). The van der Waals surface area contributed by atoms with Crippen LogP contribution in [0.25, 0.3) is 0 Å². The van der Waals surface area contributed by atoms with Gasteiger partial charge in [0.25, 0.3) is 5.69 Å². The Labute approximate surface area is 90.9 Å².